The highest BCUT2D eigenvalue weighted by Gasteiger charge is 2.23. The first kappa shape index (κ1) is 10.9. The van der Waals surface area contributed by atoms with Crippen molar-refractivity contribution in [3.8, 4) is 0 Å². The van der Waals surface area contributed by atoms with Crippen molar-refractivity contribution >= 4 is 5.91 Å². The fourth-order valence-corrected chi connectivity index (χ4v) is 2.38. The molecule has 2 aliphatic rings. The van der Waals surface area contributed by atoms with Crippen LogP contribution in [0.1, 0.15) is 25.7 Å². The van der Waals surface area contributed by atoms with Crippen molar-refractivity contribution in [3.63, 3.8) is 0 Å². The van der Waals surface area contributed by atoms with E-state index in [4.69, 9.17) is 5.73 Å². The van der Waals surface area contributed by atoms with Crippen LogP contribution in [0.25, 0.3) is 0 Å². The maximum absolute atomic E-state index is 11.9. The number of nitrogens with two attached hydrogens (primary N) is 1. The zero-order chi connectivity index (χ0) is 10.7. The molecule has 2 N–H and O–H groups in total. The van der Waals surface area contributed by atoms with Crippen LogP contribution < -0.4 is 5.73 Å². The number of carbonyl (C=O) groups excluding carboxylic acids is 1. The summed E-state index contributed by atoms with van der Waals surface area (Å²) in [5.74, 6) is 0.295. The fraction of sp³-hybridized carbons (Fsp3) is 0.909. The molecule has 0 aromatic heterocycles. The standard InChI is InChI=1S/C11H21N3O/c12-10-3-7-14(8-4-10)11(15)9-13-5-1-2-6-13/h10H,1-9,12H2. The lowest BCUT2D eigenvalue weighted by atomic mass is 10.1. The topological polar surface area (TPSA) is 49.6 Å². The van der Waals surface area contributed by atoms with Gasteiger partial charge in [0.2, 0.25) is 5.91 Å². The lowest BCUT2D eigenvalue weighted by Crippen LogP contribution is -2.46. The molecule has 0 aromatic rings. The van der Waals surface area contributed by atoms with Crippen molar-refractivity contribution in [1.82, 2.24) is 9.80 Å². The van der Waals surface area contributed by atoms with Crippen LogP contribution in [0.3, 0.4) is 0 Å². The van der Waals surface area contributed by atoms with Crippen molar-refractivity contribution in [2.45, 2.75) is 31.7 Å². The second kappa shape index (κ2) is 4.94. The molecule has 2 fully saturated rings. The summed E-state index contributed by atoms with van der Waals surface area (Å²) in [6.07, 6.45) is 4.42. The molecule has 0 aromatic carbocycles. The highest BCUT2D eigenvalue weighted by molar-refractivity contribution is 5.78. The summed E-state index contributed by atoms with van der Waals surface area (Å²) in [5.41, 5.74) is 5.81. The minimum Gasteiger partial charge on any atom is -0.341 e. The summed E-state index contributed by atoms with van der Waals surface area (Å²) >= 11 is 0. The molecule has 0 saturated carbocycles. The van der Waals surface area contributed by atoms with Crippen LogP contribution in [0.15, 0.2) is 0 Å². The third-order valence-electron chi connectivity index (χ3n) is 3.45. The van der Waals surface area contributed by atoms with Crippen molar-refractivity contribution in [1.29, 1.82) is 0 Å². The molecule has 2 heterocycles. The van der Waals surface area contributed by atoms with Gasteiger partial charge in [-0.05, 0) is 38.8 Å². The van der Waals surface area contributed by atoms with Crippen molar-refractivity contribution in [2.75, 3.05) is 32.7 Å². The van der Waals surface area contributed by atoms with E-state index in [9.17, 15) is 4.79 Å². The van der Waals surface area contributed by atoms with Gasteiger partial charge in [0, 0.05) is 19.1 Å². The van der Waals surface area contributed by atoms with Gasteiger partial charge in [0.05, 0.1) is 6.54 Å². The zero-order valence-corrected chi connectivity index (χ0v) is 9.32. The van der Waals surface area contributed by atoms with E-state index >= 15 is 0 Å². The van der Waals surface area contributed by atoms with Gasteiger partial charge in [-0.3, -0.25) is 9.69 Å². The van der Waals surface area contributed by atoms with E-state index in [1.165, 1.54) is 12.8 Å². The van der Waals surface area contributed by atoms with Gasteiger partial charge in [-0.25, -0.2) is 0 Å². The second-order valence-corrected chi connectivity index (χ2v) is 4.70. The number of hydrogen-bond acceptors (Lipinski definition) is 3. The van der Waals surface area contributed by atoms with Gasteiger partial charge in [0.15, 0.2) is 0 Å². The van der Waals surface area contributed by atoms with Crippen molar-refractivity contribution < 1.29 is 4.79 Å². The maximum atomic E-state index is 11.9. The Labute approximate surface area is 91.4 Å². The Hall–Kier alpha value is -0.610. The predicted molar refractivity (Wildman–Crippen MR) is 59.5 cm³/mol. The molecular weight excluding hydrogens is 190 g/mol. The summed E-state index contributed by atoms with van der Waals surface area (Å²) in [4.78, 5) is 16.1. The van der Waals surface area contributed by atoms with E-state index in [0.29, 0.717) is 18.5 Å². The van der Waals surface area contributed by atoms with E-state index in [1.807, 2.05) is 4.90 Å². The van der Waals surface area contributed by atoms with E-state index in [1.54, 1.807) is 0 Å². The highest BCUT2D eigenvalue weighted by atomic mass is 16.2. The predicted octanol–water partition coefficient (Wildman–Crippen LogP) is 0.0319. The first-order chi connectivity index (χ1) is 7.25. The van der Waals surface area contributed by atoms with E-state index in [2.05, 4.69) is 4.90 Å². The smallest absolute Gasteiger partial charge is 0.236 e. The average molecular weight is 211 g/mol. The molecule has 0 aliphatic carbocycles. The first-order valence-corrected chi connectivity index (χ1v) is 6.01. The molecule has 4 heteroatoms. The molecule has 0 radical (unpaired) electrons. The molecule has 2 rings (SSSR count). The number of likely N-dealkylation sites (tertiary alicyclic amines) is 2. The largest absolute Gasteiger partial charge is 0.341 e. The lowest BCUT2D eigenvalue weighted by Gasteiger charge is -2.31. The number of nitrogens with zero attached hydrogens (tertiary/aromatic N) is 2. The summed E-state index contributed by atoms with van der Waals surface area (Å²) in [5, 5.41) is 0. The second-order valence-electron chi connectivity index (χ2n) is 4.70. The molecule has 2 saturated heterocycles. The zero-order valence-electron chi connectivity index (χ0n) is 9.32. The van der Waals surface area contributed by atoms with E-state index in [-0.39, 0.29) is 0 Å². The molecule has 0 bridgehead atoms. The number of hydrogen-bond donors (Lipinski definition) is 1. The Morgan fingerprint density at radius 1 is 1.13 bits per heavy atom. The van der Waals surface area contributed by atoms with Gasteiger partial charge in [-0.1, -0.05) is 0 Å². The quantitative estimate of drug-likeness (QED) is 0.701. The SMILES string of the molecule is NC1CCN(C(=O)CN2CCCC2)CC1. The van der Waals surface area contributed by atoms with Gasteiger partial charge in [-0.15, -0.1) is 0 Å². The van der Waals surface area contributed by atoms with Crippen LogP contribution >= 0.6 is 0 Å². The third kappa shape index (κ3) is 2.92. The molecule has 4 nitrogen and oxygen atoms in total. The molecule has 0 atom stereocenters. The van der Waals surface area contributed by atoms with Gasteiger partial charge >= 0.3 is 0 Å². The number of carbonyl (C=O) groups is 1. The normalized spacial score (nSPS) is 24.7. The summed E-state index contributed by atoms with van der Waals surface area (Å²) in [6.45, 7) is 4.52. The molecule has 86 valence electrons. The van der Waals surface area contributed by atoms with Crippen molar-refractivity contribution in [3.05, 3.63) is 0 Å². The van der Waals surface area contributed by atoms with Crippen LogP contribution in [0, 0.1) is 0 Å². The summed E-state index contributed by atoms with van der Waals surface area (Å²) in [6, 6.07) is 0.306. The summed E-state index contributed by atoms with van der Waals surface area (Å²) in [7, 11) is 0. The fourth-order valence-electron chi connectivity index (χ4n) is 2.38. The lowest BCUT2D eigenvalue weighted by molar-refractivity contribution is -0.133. The Kier molecular flexibility index (Phi) is 3.59. The molecule has 0 unspecified atom stereocenters. The van der Waals surface area contributed by atoms with Crippen LogP contribution in [-0.4, -0.2) is 54.5 Å². The van der Waals surface area contributed by atoms with E-state index < -0.39 is 0 Å². The first-order valence-electron chi connectivity index (χ1n) is 6.01. The highest BCUT2D eigenvalue weighted by Crippen LogP contribution is 2.11. The Balaban J connectivity index is 1.75. The Morgan fingerprint density at radius 2 is 1.73 bits per heavy atom. The summed E-state index contributed by atoms with van der Waals surface area (Å²) < 4.78 is 0. The Bertz CT molecular complexity index is 218. The number of piperidine rings is 1. The molecule has 2 aliphatic heterocycles. The molecular formula is C11H21N3O. The van der Waals surface area contributed by atoms with Gasteiger partial charge < -0.3 is 10.6 Å². The van der Waals surface area contributed by atoms with Gasteiger partial charge in [-0.2, -0.15) is 0 Å². The van der Waals surface area contributed by atoms with Gasteiger partial charge in [0.1, 0.15) is 0 Å². The van der Waals surface area contributed by atoms with E-state index in [0.717, 1.165) is 39.0 Å². The maximum Gasteiger partial charge on any atom is 0.236 e. The molecule has 1 amide bonds. The van der Waals surface area contributed by atoms with Crippen LogP contribution in [0.5, 0.6) is 0 Å². The molecule has 0 spiro atoms. The number of rotatable bonds is 2. The van der Waals surface area contributed by atoms with Gasteiger partial charge in [0.25, 0.3) is 0 Å². The third-order valence-corrected chi connectivity index (χ3v) is 3.45. The molecule has 15 heavy (non-hydrogen) atoms. The minimum absolute atomic E-state index is 0.295. The number of amides is 1. The monoisotopic (exact) mass is 211 g/mol. The van der Waals surface area contributed by atoms with Crippen LogP contribution in [0.4, 0.5) is 0 Å². The Morgan fingerprint density at radius 3 is 2.33 bits per heavy atom. The van der Waals surface area contributed by atoms with Crippen LogP contribution in [0.2, 0.25) is 0 Å². The van der Waals surface area contributed by atoms with Crippen molar-refractivity contribution in [2.24, 2.45) is 5.73 Å². The van der Waals surface area contributed by atoms with Crippen LogP contribution in [-0.2, 0) is 4.79 Å². The average Bonchev–Trinajstić information content (AvgIpc) is 2.71. The minimum atomic E-state index is 0.295.